The van der Waals surface area contributed by atoms with Crippen molar-refractivity contribution in [3.8, 4) is 5.75 Å². The highest BCUT2D eigenvalue weighted by atomic mass is 79.9. The van der Waals surface area contributed by atoms with Gasteiger partial charge in [-0.3, -0.25) is 9.63 Å². The van der Waals surface area contributed by atoms with E-state index in [1.807, 2.05) is 0 Å². The van der Waals surface area contributed by atoms with E-state index in [0.29, 0.717) is 15.8 Å². The number of hydroxylamine groups is 1. The topological polar surface area (TPSA) is 67.8 Å². The minimum absolute atomic E-state index is 0.0586. The van der Waals surface area contributed by atoms with Gasteiger partial charge in [-0.25, -0.2) is 5.48 Å². The van der Waals surface area contributed by atoms with Gasteiger partial charge in [0.1, 0.15) is 5.75 Å². The summed E-state index contributed by atoms with van der Waals surface area (Å²) in [6, 6.07) is 4.91. The normalized spacial score (nSPS) is 9.94. The fraction of sp³-hybridized carbons (Fsp3) is 0.300. The Labute approximate surface area is 101 Å². The first-order valence-corrected chi connectivity index (χ1v) is 5.35. The molecule has 0 aliphatic heterocycles. The Kier molecular flexibility index (Phi) is 5.24. The molecular weight excluding hydrogens is 278 g/mol. The molecule has 0 aromatic heterocycles. The number of halogens is 1. The van der Waals surface area contributed by atoms with Crippen LogP contribution in [0.1, 0.15) is 10.4 Å². The number of amides is 1. The maximum atomic E-state index is 11.5. The van der Waals surface area contributed by atoms with Gasteiger partial charge in [-0.1, -0.05) is 0 Å². The van der Waals surface area contributed by atoms with Crippen LogP contribution >= 0.6 is 15.9 Å². The Morgan fingerprint density at radius 3 is 2.88 bits per heavy atom. The molecule has 0 saturated carbocycles. The van der Waals surface area contributed by atoms with Gasteiger partial charge in [0.05, 0.1) is 24.8 Å². The van der Waals surface area contributed by atoms with Crippen LogP contribution in [0.3, 0.4) is 0 Å². The van der Waals surface area contributed by atoms with Crippen molar-refractivity contribution in [3.63, 3.8) is 0 Å². The number of carbonyl (C=O) groups is 1. The zero-order chi connectivity index (χ0) is 12.0. The lowest BCUT2D eigenvalue weighted by Gasteiger charge is -2.07. The van der Waals surface area contributed by atoms with Crippen molar-refractivity contribution >= 4 is 21.8 Å². The van der Waals surface area contributed by atoms with Gasteiger partial charge in [0, 0.05) is 5.56 Å². The van der Waals surface area contributed by atoms with E-state index in [-0.39, 0.29) is 19.1 Å². The molecule has 0 bridgehead atoms. The smallest absolute Gasteiger partial charge is 0.274 e. The fourth-order valence-corrected chi connectivity index (χ4v) is 1.57. The summed E-state index contributed by atoms with van der Waals surface area (Å²) in [6.45, 7) is -0.0876. The third kappa shape index (κ3) is 3.48. The molecule has 0 atom stereocenters. The van der Waals surface area contributed by atoms with Crippen molar-refractivity contribution in [3.05, 3.63) is 28.2 Å². The summed E-state index contributed by atoms with van der Waals surface area (Å²) in [7, 11) is 1.55. The van der Waals surface area contributed by atoms with Gasteiger partial charge in [0.2, 0.25) is 0 Å². The molecule has 1 amide bonds. The molecule has 0 saturated heterocycles. The summed E-state index contributed by atoms with van der Waals surface area (Å²) in [4.78, 5) is 16.2. The molecule has 0 spiro atoms. The van der Waals surface area contributed by atoms with E-state index < -0.39 is 0 Å². The fourth-order valence-electron chi connectivity index (χ4n) is 1.03. The SMILES string of the molecule is COc1ccc(C(=O)NOCCO)cc1Br. The highest BCUT2D eigenvalue weighted by Crippen LogP contribution is 2.25. The predicted octanol–water partition coefficient (Wildman–Crippen LogP) is 1.11. The molecule has 5 nitrogen and oxygen atoms in total. The van der Waals surface area contributed by atoms with Gasteiger partial charge >= 0.3 is 0 Å². The van der Waals surface area contributed by atoms with Gasteiger partial charge in [-0.15, -0.1) is 0 Å². The van der Waals surface area contributed by atoms with Crippen LogP contribution in [-0.2, 0) is 4.84 Å². The first kappa shape index (κ1) is 13.0. The summed E-state index contributed by atoms with van der Waals surface area (Å²) in [6.07, 6.45) is 0. The maximum absolute atomic E-state index is 11.5. The van der Waals surface area contributed by atoms with Crippen molar-refractivity contribution in [2.75, 3.05) is 20.3 Å². The number of aliphatic hydroxyl groups excluding tert-OH is 1. The van der Waals surface area contributed by atoms with Crippen molar-refractivity contribution in [2.24, 2.45) is 0 Å². The van der Waals surface area contributed by atoms with Crippen LogP contribution in [-0.4, -0.2) is 31.3 Å². The molecule has 0 aliphatic rings. The molecule has 2 N–H and O–H groups in total. The lowest BCUT2D eigenvalue weighted by Crippen LogP contribution is -2.25. The number of ether oxygens (including phenoxy) is 1. The lowest BCUT2D eigenvalue weighted by molar-refractivity contribution is 0.0168. The average Bonchev–Trinajstić information content (AvgIpc) is 2.29. The van der Waals surface area contributed by atoms with E-state index >= 15 is 0 Å². The summed E-state index contributed by atoms with van der Waals surface area (Å²) in [5.74, 6) is 0.268. The molecule has 88 valence electrons. The maximum Gasteiger partial charge on any atom is 0.274 e. The third-order valence-electron chi connectivity index (χ3n) is 1.77. The number of aliphatic hydroxyl groups is 1. The van der Waals surface area contributed by atoms with E-state index in [2.05, 4.69) is 21.4 Å². The molecule has 0 aliphatic carbocycles. The monoisotopic (exact) mass is 289 g/mol. The van der Waals surface area contributed by atoms with E-state index in [1.165, 1.54) is 0 Å². The molecule has 1 aromatic rings. The molecule has 16 heavy (non-hydrogen) atoms. The second kappa shape index (κ2) is 6.47. The zero-order valence-corrected chi connectivity index (χ0v) is 10.3. The van der Waals surface area contributed by atoms with Crippen LogP contribution in [0.25, 0.3) is 0 Å². The van der Waals surface area contributed by atoms with Gasteiger partial charge < -0.3 is 9.84 Å². The summed E-state index contributed by atoms with van der Waals surface area (Å²) < 4.78 is 5.72. The second-order valence-electron chi connectivity index (χ2n) is 2.85. The van der Waals surface area contributed by atoms with Gasteiger partial charge in [-0.05, 0) is 34.1 Å². The van der Waals surface area contributed by atoms with Crippen LogP contribution in [0.2, 0.25) is 0 Å². The van der Waals surface area contributed by atoms with Gasteiger partial charge in [0.25, 0.3) is 5.91 Å². The van der Waals surface area contributed by atoms with E-state index in [4.69, 9.17) is 14.7 Å². The second-order valence-corrected chi connectivity index (χ2v) is 3.71. The number of nitrogens with one attached hydrogen (secondary N) is 1. The van der Waals surface area contributed by atoms with Crippen molar-refractivity contribution in [2.45, 2.75) is 0 Å². The Bertz CT molecular complexity index is 370. The molecular formula is C10H12BrNO4. The van der Waals surface area contributed by atoms with E-state index in [1.54, 1.807) is 25.3 Å². The Balaban J connectivity index is 2.66. The first-order valence-electron chi connectivity index (χ1n) is 4.55. The number of methoxy groups -OCH3 is 1. The summed E-state index contributed by atoms with van der Waals surface area (Å²) in [5, 5.41) is 8.46. The van der Waals surface area contributed by atoms with Crippen molar-refractivity contribution < 1.29 is 19.5 Å². The first-order chi connectivity index (χ1) is 7.69. The van der Waals surface area contributed by atoms with Crippen LogP contribution in [0.5, 0.6) is 5.75 Å². The van der Waals surface area contributed by atoms with Gasteiger partial charge in [-0.2, -0.15) is 0 Å². The van der Waals surface area contributed by atoms with Crippen LogP contribution < -0.4 is 10.2 Å². The van der Waals surface area contributed by atoms with E-state index in [0.717, 1.165) is 0 Å². The van der Waals surface area contributed by atoms with Crippen molar-refractivity contribution in [1.82, 2.24) is 5.48 Å². The Morgan fingerprint density at radius 1 is 1.56 bits per heavy atom. The number of benzene rings is 1. The van der Waals surface area contributed by atoms with Crippen LogP contribution in [0, 0.1) is 0 Å². The van der Waals surface area contributed by atoms with Crippen LogP contribution in [0.15, 0.2) is 22.7 Å². The third-order valence-corrected chi connectivity index (χ3v) is 2.39. The Morgan fingerprint density at radius 2 is 2.31 bits per heavy atom. The molecule has 6 heteroatoms. The standard InChI is InChI=1S/C10H12BrNO4/c1-15-9-3-2-7(6-8(9)11)10(14)12-16-5-4-13/h2-3,6,13H,4-5H2,1H3,(H,12,14). The zero-order valence-electron chi connectivity index (χ0n) is 8.70. The highest BCUT2D eigenvalue weighted by Gasteiger charge is 2.08. The van der Waals surface area contributed by atoms with Gasteiger partial charge in [0.15, 0.2) is 0 Å². The van der Waals surface area contributed by atoms with Crippen molar-refractivity contribution in [1.29, 1.82) is 0 Å². The number of carbonyl (C=O) groups excluding carboxylic acids is 1. The molecule has 0 unspecified atom stereocenters. The minimum atomic E-state index is -0.378. The molecule has 0 heterocycles. The quantitative estimate of drug-likeness (QED) is 0.629. The number of hydrogen-bond donors (Lipinski definition) is 2. The summed E-state index contributed by atoms with van der Waals surface area (Å²) in [5.41, 5.74) is 2.64. The Hall–Kier alpha value is -1.11. The minimum Gasteiger partial charge on any atom is -0.496 e. The molecule has 1 aromatic carbocycles. The predicted molar refractivity (Wildman–Crippen MR) is 61.2 cm³/mol. The summed E-state index contributed by atoms with van der Waals surface area (Å²) >= 11 is 3.27. The van der Waals surface area contributed by atoms with E-state index in [9.17, 15) is 4.79 Å². The highest BCUT2D eigenvalue weighted by molar-refractivity contribution is 9.10. The average molecular weight is 290 g/mol. The number of rotatable bonds is 5. The van der Waals surface area contributed by atoms with Crippen LogP contribution in [0.4, 0.5) is 0 Å². The number of hydrogen-bond acceptors (Lipinski definition) is 4. The molecule has 0 fully saturated rings. The lowest BCUT2D eigenvalue weighted by atomic mass is 10.2. The molecule has 0 radical (unpaired) electrons. The largest absolute Gasteiger partial charge is 0.496 e. The molecule has 1 rings (SSSR count).